The van der Waals surface area contributed by atoms with Crippen molar-refractivity contribution in [3.63, 3.8) is 0 Å². The van der Waals surface area contributed by atoms with Gasteiger partial charge in [-0.1, -0.05) is 12.2 Å². The molecule has 0 aromatic heterocycles. The molecule has 2 fully saturated rings. The van der Waals surface area contributed by atoms with Crippen molar-refractivity contribution >= 4 is 5.84 Å². The molecule has 20 heavy (non-hydrogen) atoms. The first kappa shape index (κ1) is 11.9. The van der Waals surface area contributed by atoms with Crippen LogP contribution in [0.2, 0.25) is 0 Å². The standard InChI is InChI=1S/C14H14N4O2/c15-7-12-9-1-3-10(4-2-9)13(12,8-16)14(18-11(12)17)19-5-6-20-14/h1,3,9-10H,2,4-6H2,(H2,17,18)/p+1/t9-,10+,12+,13-/m1/s1. The molecular weight excluding hydrogens is 256 g/mol. The fourth-order valence-electron chi connectivity index (χ4n) is 4.60. The van der Waals surface area contributed by atoms with Crippen molar-refractivity contribution in [2.24, 2.45) is 28.4 Å². The highest BCUT2D eigenvalue weighted by atomic mass is 16.8. The zero-order valence-electron chi connectivity index (χ0n) is 10.9. The normalized spacial score (nSPS) is 46.8. The molecule has 3 aliphatic carbocycles. The van der Waals surface area contributed by atoms with Crippen molar-refractivity contribution in [1.82, 2.24) is 0 Å². The first-order valence-electron chi connectivity index (χ1n) is 6.87. The quantitative estimate of drug-likeness (QED) is 0.536. The Balaban J connectivity index is 2.05. The number of amidine groups is 1. The molecule has 1 spiro atoms. The van der Waals surface area contributed by atoms with Crippen molar-refractivity contribution in [3.05, 3.63) is 12.2 Å². The van der Waals surface area contributed by atoms with Crippen molar-refractivity contribution in [2.75, 3.05) is 13.2 Å². The lowest BCUT2D eigenvalue weighted by Crippen LogP contribution is -2.89. The molecule has 102 valence electrons. The molecule has 2 heterocycles. The molecule has 1 saturated carbocycles. The lowest BCUT2D eigenvalue weighted by atomic mass is 9.45. The van der Waals surface area contributed by atoms with E-state index in [9.17, 15) is 10.5 Å². The van der Waals surface area contributed by atoms with E-state index in [-0.39, 0.29) is 11.8 Å². The average Bonchev–Trinajstić information content (AvgIpc) is 3.04. The van der Waals surface area contributed by atoms with Gasteiger partial charge in [-0.25, -0.2) is 4.99 Å². The molecule has 5 aliphatic rings. The Kier molecular flexibility index (Phi) is 2.03. The van der Waals surface area contributed by atoms with Crippen molar-refractivity contribution in [2.45, 2.75) is 18.8 Å². The SMILES string of the molecule is N#C[C@@]12[C@H]3C=C[C@H](CC3)[C@@]1(C#N)C(N)=[NH+]C21OCCO1. The highest BCUT2D eigenvalue weighted by Crippen LogP contribution is 2.65. The van der Waals surface area contributed by atoms with Crippen LogP contribution in [0, 0.1) is 45.3 Å². The van der Waals surface area contributed by atoms with Gasteiger partial charge in [0.1, 0.15) is 0 Å². The third-order valence-electron chi connectivity index (χ3n) is 5.39. The number of allylic oxidation sites excluding steroid dienone is 2. The Bertz CT molecular complexity index is 622. The summed E-state index contributed by atoms with van der Waals surface area (Å²) >= 11 is 0. The largest absolute Gasteiger partial charge is 0.343 e. The van der Waals surface area contributed by atoms with E-state index in [0.717, 1.165) is 12.8 Å². The van der Waals surface area contributed by atoms with Crippen LogP contribution in [0.1, 0.15) is 12.8 Å². The van der Waals surface area contributed by atoms with E-state index in [1.165, 1.54) is 0 Å². The molecule has 0 unspecified atom stereocenters. The molecule has 0 radical (unpaired) electrons. The Morgan fingerprint density at radius 2 is 1.80 bits per heavy atom. The van der Waals surface area contributed by atoms with Crippen LogP contribution in [-0.4, -0.2) is 25.0 Å². The van der Waals surface area contributed by atoms with Crippen molar-refractivity contribution in [3.8, 4) is 12.1 Å². The summed E-state index contributed by atoms with van der Waals surface area (Å²) in [4.78, 5) is 3.02. The fraction of sp³-hybridized carbons (Fsp3) is 0.643. The van der Waals surface area contributed by atoms with E-state index < -0.39 is 16.7 Å². The summed E-state index contributed by atoms with van der Waals surface area (Å²) in [6.45, 7) is 0.790. The number of rotatable bonds is 0. The van der Waals surface area contributed by atoms with Crippen LogP contribution in [0.5, 0.6) is 0 Å². The van der Waals surface area contributed by atoms with Gasteiger partial charge in [0.2, 0.25) is 0 Å². The molecule has 5 rings (SSSR count). The molecule has 4 atom stereocenters. The van der Waals surface area contributed by atoms with Crippen LogP contribution in [0.3, 0.4) is 0 Å². The number of hydrogen-bond donors (Lipinski definition) is 2. The molecule has 1 saturated heterocycles. The predicted molar refractivity (Wildman–Crippen MR) is 66.2 cm³/mol. The third kappa shape index (κ3) is 0.895. The summed E-state index contributed by atoms with van der Waals surface area (Å²) in [5.74, 6) is -1.14. The van der Waals surface area contributed by atoms with Gasteiger partial charge in [0.15, 0.2) is 10.8 Å². The van der Waals surface area contributed by atoms with E-state index in [1.54, 1.807) is 0 Å². The van der Waals surface area contributed by atoms with Gasteiger partial charge >= 0.3 is 5.91 Å². The maximum absolute atomic E-state index is 10.0. The van der Waals surface area contributed by atoms with Crippen molar-refractivity contribution < 1.29 is 14.5 Å². The topological polar surface area (TPSA) is 106 Å². The molecule has 0 aromatic carbocycles. The van der Waals surface area contributed by atoms with E-state index in [4.69, 9.17) is 15.2 Å². The Labute approximate surface area is 116 Å². The maximum atomic E-state index is 10.0. The summed E-state index contributed by atoms with van der Waals surface area (Å²) in [6, 6.07) is 4.72. The summed E-state index contributed by atoms with van der Waals surface area (Å²) in [5.41, 5.74) is 3.98. The highest BCUT2D eigenvalue weighted by Gasteiger charge is 2.84. The van der Waals surface area contributed by atoms with Gasteiger partial charge in [-0.2, -0.15) is 10.5 Å². The van der Waals surface area contributed by atoms with Gasteiger partial charge in [-0.3, -0.25) is 5.73 Å². The molecule has 3 N–H and O–H groups in total. The monoisotopic (exact) mass is 271 g/mol. The molecule has 2 aliphatic heterocycles. The minimum atomic E-state index is -1.28. The average molecular weight is 271 g/mol. The summed E-state index contributed by atoms with van der Waals surface area (Å²) in [5, 5.41) is 19.9. The molecule has 6 heteroatoms. The Morgan fingerprint density at radius 1 is 1.15 bits per heavy atom. The molecule has 2 bridgehead atoms. The van der Waals surface area contributed by atoms with Crippen LogP contribution < -0.4 is 10.7 Å². The minimum absolute atomic E-state index is 0.0724. The van der Waals surface area contributed by atoms with Crippen molar-refractivity contribution in [1.29, 1.82) is 10.5 Å². The van der Waals surface area contributed by atoms with Gasteiger partial charge in [0.25, 0.3) is 5.84 Å². The van der Waals surface area contributed by atoms with Crippen LogP contribution in [0.15, 0.2) is 12.2 Å². The van der Waals surface area contributed by atoms with Crippen LogP contribution in [0.4, 0.5) is 0 Å². The fourth-order valence-corrected chi connectivity index (χ4v) is 4.60. The van der Waals surface area contributed by atoms with Gasteiger partial charge in [-0.15, -0.1) is 0 Å². The van der Waals surface area contributed by atoms with Gasteiger partial charge in [0.05, 0.1) is 25.4 Å². The lowest BCUT2D eigenvalue weighted by molar-refractivity contribution is -0.681. The van der Waals surface area contributed by atoms with Gasteiger partial charge < -0.3 is 9.47 Å². The van der Waals surface area contributed by atoms with E-state index in [0.29, 0.717) is 19.0 Å². The Hall–Kier alpha value is -1.89. The number of fused-ring (bicyclic) bond motifs is 1. The zero-order valence-corrected chi connectivity index (χ0v) is 10.9. The number of hydrogen-bond acceptors (Lipinski definition) is 5. The first-order chi connectivity index (χ1) is 9.67. The van der Waals surface area contributed by atoms with Gasteiger partial charge in [-0.05, 0) is 12.8 Å². The summed E-state index contributed by atoms with van der Waals surface area (Å²) in [6.07, 6.45) is 5.76. The predicted octanol–water partition coefficient (Wildman–Crippen LogP) is -1.25. The zero-order chi connectivity index (χ0) is 14.0. The van der Waals surface area contributed by atoms with E-state index in [1.807, 2.05) is 12.2 Å². The molecule has 0 amide bonds. The number of ether oxygens (including phenoxy) is 2. The maximum Gasteiger partial charge on any atom is 0.343 e. The van der Waals surface area contributed by atoms with Crippen LogP contribution in [-0.2, 0) is 9.47 Å². The first-order valence-corrected chi connectivity index (χ1v) is 6.87. The van der Waals surface area contributed by atoms with Crippen LogP contribution >= 0.6 is 0 Å². The highest BCUT2D eigenvalue weighted by molar-refractivity contribution is 5.89. The Morgan fingerprint density at radius 3 is 2.35 bits per heavy atom. The number of nitriles is 2. The summed E-state index contributed by atoms with van der Waals surface area (Å²) < 4.78 is 11.5. The molecule has 0 aromatic rings. The van der Waals surface area contributed by atoms with E-state index >= 15 is 0 Å². The van der Waals surface area contributed by atoms with E-state index in [2.05, 4.69) is 17.1 Å². The minimum Gasteiger partial charge on any atom is -0.311 e. The molecular formula is C14H15N4O2+. The second kappa shape index (κ2) is 3.41. The van der Waals surface area contributed by atoms with Gasteiger partial charge in [0, 0.05) is 11.8 Å². The second-order valence-electron chi connectivity index (χ2n) is 5.87. The smallest absolute Gasteiger partial charge is 0.311 e. The summed E-state index contributed by atoms with van der Waals surface area (Å²) in [7, 11) is 0. The molecule has 6 nitrogen and oxygen atoms in total. The lowest BCUT2D eigenvalue weighted by Gasteiger charge is -2.52. The number of nitrogens with zero attached hydrogens (tertiary/aromatic N) is 2. The number of nitrogens with one attached hydrogen (secondary N) is 1. The second-order valence-corrected chi connectivity index (χ2v) is 5.87. The third-order valence-corrected chi connectivity index (χ3v) is 5.39. The number of nitrogens with two attached hydrogens (primary N) is 1. The van der Waals surface area contributed by atoms with Crippen LogP contribution in [0.25, 0.3) is 0 Å².